The van der Waals surface area contributed by atoms with Gasteiger partial charge in [0, 0.05) is 31.1 Å². The summed E-state index contributed by atoms with van der Waals surface area (Å²) in [6, 6.07) is 7.66. The number of nitrogens with zero attached hydrogens (tertiary/aromatic N) is 1. The molecular weight excluding hydrogens is 316 g/mol. The number of aliphatic hydroxyl groups is 1. The number of nitrogens with one attached hydrogen (secondary N) is 1. The van der Waals surface area contributed by atoms with Gasteiger partial charge in [-0.15, -0.1) is 0 Å². The highest BCUT2D eigenvalue weighted by Crippen LogP contribution is 2.12. The highest BCUT2D eigenvalue weighted by Gasteiger charge is 2.22. The van der Waals surface area contributed by atoms with E-state index in [1.54, 1.807) is 6.92 Å². The summed E-state index contributed by atoms with van der Waals surface area (Å²) in [6.45, 7) is 4.60. The zero-order valence-electron chi connectivity index (χ0n) is 13.5. The average molecular weight is 341 g/mol. The summed E-state index contributed by atoms with van der Waals surface area (Å²) >= 11 is 5.84. The highest BCUT2D eigenvalue weighted by molar-refractivity contribution is 6.30. The number of rotatable bonds is 7. The number of β-amino-alcohol motifs (C(OH)–C–C–N with tert-alkyl or cyclic N) is 1. The third-order valence-corrected chi connectivity index (χ3v) is 4.13. The number of likely N-dealkylation sites (tertiary alicyclic amines) is 1. The molecule has 1 fully saturated rings. The fourth-order valence-corrected chi connectivity index (χ4v) is 3.00. The molecule has 1 saturated heterocycles. The predicted octanol–water partition coefficient (Wildman–Crippen LogP) is 1.82. The minimum Gasteiger partial charge on any atom is -0.389 e. The van der Waals surface area contributed by atoms with Gasteiger partial charge in [0.1, 0.15) is 0 Å². The van der Waals surface area contributed by atoms with Crippen LogP contribution in [0.4, 0.5) is 0 Å². The third-order valence-electron chi connectivity index (χ3n) is 3.87. The van der Waals surface area contributed by atoms with E-state index in [9.17, 15) is 9.90 Å². The van der Waals surface area contributed by atoms with Gasteiger partial charge in [-0.3, -0.25) is 9.69 Å². The molecule has 23 heavy (non-hydrogen) atoms. The van der Waals surface area contributed by atoms with Crippen LogP contribution in [0.1, 0.15) is 25.3 Å². The van der Waals surface area contributed by atoms with Gasteiger partial charge in [0.05, 0.1) is 19.3 Å². The van der Waals surface area contributed by atoms with E-state index in [1.165, 1.54) is 0 Å². The number of hydrogen-bond donors (Lipinski definition) is 2. The summed E-state index contributed by atoms with van der Waals surface area (Å²) in [7, 11) is 0. The van der Waals surface area contributed by atoms with Crippen LogP contribution >= 0.6 is 11.6 Å². The molecule has 1 aliphatic rings. The Hall–Kier alpha value is -1.14. The molecule has 0 radical (unpaired) electrons. The van der Waals surface area contributed by atoms with Crippen LogP contribution in [0.5, 0.6) is 0 Å². The molecule has 6 heteroatoms. The summed E-state index contributed by atoms with van der Waals surface area (Å²) in [5.41, 5.74) is 1.03. The summed E-state index contributed by atoms with van der Waals surface area (Å²) in [6.07, 6.45) is 1.50. The molecule has 0 aliphatic carbocycles. The predicted molar refractivity (Wildman–Crippen MR) is 90.4 cm³/mol. The zero-order valence-corrected chi connectivity index (χ0v) is 14.3. The van der Waals surface area contributed by atoms with Crippen molar-refractivity contribution >= 4 is 17.5 Å². The van der Waals surface area contributed by atoms with Crippen molar-refractivity contribution < 1.29 is 14.6 Å². The summed E-state index contributed by atoms with van der Waals surface area (Å²) in [5.74, 6) is 0.00342. The van der Waals surface area contributed by atoms with E-state index in [0.29, 0.717) is 24.8 Å². The van der Waals surface area contributed by atoms with Crippen molar-refractivity contribution in [3.8, 4) is 0 Å². The standard InChI is InChI=1S/C17H25ClN2O3/c1-13(21)19-16-3-2-8-20(9-16)10-17(22)12-23-11-14-4-6-15(18)7-5-14/h4-7,16-17,22H,2-3,8-12H2,1H3,(H,19,21). The number of halogens is 1. The molecule has 128 valence electrons. The Morgan fingerprint density at radius 1 is 1.48 bits per heavy atom. The van der Waals surface area contributed by atoms with Crippen LogP contribution in [-0.2, 0) is 16.1 Å². The highest BCUT2D eigenvalue weighted by atomic mass is 35.5. The molecule has 2 atom stereocenters. The number of benzene rings is 1. The SMILES string of the molecule is CC(=O)NC1CCCN(CC(O)COCc2ccc(Cl)cc2)C1. The van der Waals surface area contributed by atoms with Crippen LogP contribution in [0.15, 0.2) is 24.3 Å². The largest absolute Gasteiger partial charge is 0.389 e. The number of aliphatic hydroxyl groups excluding tert-OH is 1. The summed E-state index contributed by atoms with van der Waals surface area (Å²) < 4.78 is 5.56. The van der Waals surface area contributed by atoms with Gasteiger partial charge in [-0.05, 0) is 37.1 Å². The number of ether oxygens (including phenoxy) is 1. The van der Waals surface area contributed by atoms with Crippen molar-refractivity contribution in [3.63, 3.8) is 0 Å². The van der Waals surface area contributed by atoms with Crippen molar-refractivity contribution in [1.29, 1.82) is 0 Å². The Labute approximate surface area is 142 Å². The Bertz CT molecular complexity index is 495. The van der Waals surface area contributed by atoms with Crippen molar-refractivity contribution in [2.45, 2.75) is 38.5 Å². The smallest absolute Gasteiger partial charge is 0.217 e. The lowest BCUT2D eigenvalue weighted by atomic mass is 10.1. The van der Waals surface area contributed by atoms with E-state index in [2.05, 4.69) is 10.2 Å². The van der Waals surface area contributed by atoms with E-state index >= 15 is 0 Å². The molecule has 2 N–H and O–H groups in total. The van der Waals surface area contributed by atoms with Gasteiger partial charge in [0.15, 0.2) is 0 Å². The van der Waals surface area contributed by atoms with Gasteiger partial charge < -0.3 is 15.2 Å². The molecule has 1 heterocycles. The molecule has 2 rings (SSSR count). The number of amides is 1. The average Bonchev–Trinajstić information content (AvgIpc) is 2.49. The Morgan fingerprint density at radius 2 is 2.22 bits per heavy atom. The van der Waals surface area contributed by atoms with Crippen molar-refractivity contribution in [3.05, 3.63) is 34.9 Å². The number of carbonyl (C=O) groups is 1. The monoisotopic (exact) mass is 340 g/mol. The molecule has 1 aromatic carbocycles. The zero-order chi connectivity index (χ0) is 16.7. The van der Waals surface area contributed by atoms with E-state index in [-0.39, 0.29) is 11.9 Å². The fourth-order valence-electron chi connectivity index (χ4n) is 2.87. The van der Waals surface area contributed by atoms with E-state index < -0.39 is 6.10 Å². The van der Waals surface area contributed by atoms with Gasteiger partial charge >= 0.3 is 0 Å². The van der Waals surface area contributed by atoms with Crippen molar-refractivity contribution in [2.75, 3.05) is 26.2 Å². The third kappa shape index (κ3) is 6.87. The maximum Gasteiger partial charge on any atom is 0.217 e. The first-order valence-corrected chi connectivity index (χ1v) is 8.40. The second kappa shape index (κ2) is 9.23. The first-order valence-electron chi connectivity index (χ1n) is 8.02. The molecule has 0 bridgehead atoms. The lowest BCUT2D eigenvalue weighted by molar-refractivity contribution is -0.120. The molecule has 5 nitrogen and oxygen atoms in total. The van der Waals surface area contributed by atoms with Gasteiger partial charge in [-0.2, -0.15) is 0 Å². The van der Waals surface area contributed by atoms with E-state index in [4.69, 9.17) is 16.3 Å². The Kier molecular flexibility index (Phi) is 7.30. The maximum atomic E-state index is 11.1. The minimum atomic E-state index is -0.529. The van der Waals surface area contributed by atoms with E-state index in [1.807, 2.05) is 24.3 Å². The van der Waals surface area contributed by atoms with E-state index in [0.717, 1.165) is 31.5 Å². The number of piperidine rings is 1. The van der Waals surface area contributed by atoms with Crippen molar-refractivity contribution in [2.24, 2.45) is 0 Å². The fraction of sp³-hybridized carbons (Fsp3) is 0.588. The molecular formula is C17H25ClN2O3. The molecule has 0 aromatic heterocycles. The van der Waals surface area contributed by atoms with Crippen LogP contribution in [0.25, 0.3) is 0 Å². The molecule has 1 aromatic rings. The topological polar surface area (TPSA) is 61.8 Å². The van der Waals surface area contributed by atoms with Crippen molar-refractivity contribution in [1.82, 2.24) is 10.2 Å². The normalized spacial score (nSPS) is 20.2. The van der Waals surface area contributed by atoms with Crippen LogP contribution in [0.3, 0.4) is 0 Å². The van der Waals surface area contributed by atoms with Crippen LogP contribution in [0, 0.1) is 0 Å². The van der Waals surface area contributed by atoms with Crippen LogP contribution < -0.4 is 5.32 Å². The molecule has 2 unspecified atom stereocenters. The Morgan fingerprint density at radius 3 is 2.91 bits per heavy atom. The Balaban J connectivity index is 1.66. The summed E-state index contributed by atoms with van der Waals surface area (Å²) in [4.78, 5) is 13.3. The van der Waals surface area contributed by atoms with Gasteiger partial charge in [-0.25, -0.2) is 0 Å². The summed E-state index contributed by atoms with van der Waals surface area (Å²) in [5, 5.41) is 13.8. The van der Waals surface area contributed by atoms with Gasteiger partial charge in [-0.1, -0.05) is 23.7 Å². The molecule has 0 saturated carbocycles. The minimum absolute atomic E-state index is 0.00342. The second-order valence-corrected chi connectivity index (χ2v) is 6.53. The van der Waals surface area contributed by atoms with Gasteiger partial charge in [0.25, 0.3) is 0 Å². The second-order valence-electron chi connectivity index (χ2n) is 6.09. The molecule has 1 amide bonds. The van der Waals surface area contributed by atoms with Gasteiger partial charge in [0.2, 0.25) is 5.91 Å². The first-order chi connectivity index (χ1) is 11.0. The van der Waals surface area contributed by atoms with Crippen LogP contribution in [0.2, 0.25) is 5.02 Å². The molecule has 1 aliphatic heterocycles. The number of carbonyl (C=O) groups excluding carboxylic acids is 1. The lowest BCUT2D eigenvalue weighted by Gasteiger charge is -2.34. The quantitative estimate of drug-likeness (QED) is 0.795. The lowest BCUT2D eigenvalue weighted by Crippen LogP contribution is -2.49. The first kappa shape index (κ1) is 18.2. The van der Waals surface area contributed by atoms with Crippen LogP contribution in [-0.4, -0.2) is 54.3 Å². The maximum absolute atomic E-state index is 11.1. The number of hydrogen-bond acceptors (Lipinski definition) is 4. The molecule has 0 spiro atoms.